The van der Waals surface area contributed by atoms with Gasteiger partial charge < -0.3 is 30.7 Å². The van der Waals surface area contributed by atoms with Crippen molar-refractivity contribution in [1.82, 2.24) is 4.90 Å². The monoisotopic (exact) mass is 540 g/mol. The van der Waals surface area contributed by atoms with E-state index in [2.05, 4.69) is 10.6 Å². The maximum absolute atomic E-state index is 13.4. The Bertz CT molecular complexity index is 1330. The fourth-order valence-corrected chi connectivity index (χ4v) is 3.63. The molecule has 8 nitrogen and oxygen atoms in total. The number of nitrogens with one attached hydrogen (secondary N) is 2. The van der Waals surface area contributed by atoms with Gasteiger partial charge in [-0.3, -0.25) is 9.59 Å². The van der Waals surface area contributed by atoms with E-state index in [4.69, 9.17) is 26.8 Å². The number of nitrogens with two attached hydrogens (primary N) is 1. The molecule has 0 spiro atoms. The zero-order valence-electron chi connectivity index (χ0n) is 21.4. The smallest absolute Gasteiger partial charge is 0.257 e. The van der Waals surface area contributed by atoms with E-state index >= 15 is 0 Å². The van der Waals surface area contributed by atoms with E-state index in [0.717, 1.165) is 0 Å². The van der Waals surface area contributed by atoms with Crippen LogP contribution in [-0.4, -0.2) is 44.0 Å². The highest BCUT2D eigenvalue weighted by Gasteiger charge is 2.17. The van der Waals surface area contributed by atoms with E-state index in [0.29, 0.717) is 41.6 Å². The van der Waals surface area contributed by atoms with Crippen molar-refractivity contribution in [3.05, 3.63) is 88.7 Å². The molecule has 38 heavy (non-hydrogen) atoms. The van der Waals surface area contributed by atoms with Crippen molar-refractivity contribution in [2.45, 2.75) is 13.5 Å². The van der Waals surface area contributed by atoms with Crippen molar-refractivity contribution in [3.8, 4) is 11.5 Å². The second-order valence-corrected chi connectivity index (χ2v) is 8.95. The van der Waals surface area contributed by atoms with Crippen LogP contribution in [0.15, 0.2) is 66.7 Å². The van der Waals surface area contributed by atoms with E-state index in [1.807, 2.05) is 19.0 Å². The molecular formula is C28H30ClFN4O4. The van der Waals surface area contributed by atoms with E-state index < -0.39 is 5.91 Å². The van der Waals surface area contributed by atoms with Crippen LogP contribution in [0.3, 0.4) is 0 Å². The number of likely N-dealkylation sites (N-methyl/N-ethyl adjacent to an activating group) is 1. The summed E-state index contributed by atoms with van der Waals surface area (Å²) in [5.41, 5.74) is 7.82. The third kappa shape index (κ3) is 8.22. The number of hydrogen-bond acceptors (Lipinski definition) is 6. The summed E-state index contributed by atoms with van der Waals surface area (Å²) in [4.78, 5) is 27.4. The summed E-state index contributed by atoms with van der Waals surface area (Å²) < 4.78 is 24.6. The zero-order valence-corrected chi connectivity index (χ0v) is 22.1. The van der Waals surface area contributed by atoms with Crippen molar-refractivity contribution in [2.75, 3.05) is 43.6 Å². The molecule has 3 rings (SSSR count). The summed E-state index contributed by atoms with van der Waals surface area (Å²) in [6.45, 7) is 2.87. The second kappa shape index (κ2) is 13.5. The lowest BCUT2D eigenvalue weighted by atomic mass is 10.1. The van der Waals surface area contributed by atoms with Crippen LogP contribution in [-0.2, 0) is 11.4 Å². The summed E-state index contributed by atoms with van der Waals surface area (Å²) in [6, 6.07) is 13.8. The van der Waals surface area contributed by atoms with E-state index in [-0.39, 0.29) is 34.6 Å². The van der Waals surface area contributed by atoms with Gasteiger partial charge >= 0.3 is 0 Å². The minimum Gasteiger partial charge on any atom is -0.492 e. The molecule has 4 N–H and O–H groups in total. The number of halogens is 2. The van der Waals surface area contributed by atoms with Gasteiger partial charge in [0.15, 0.2) is 0 Å². The summed E-state index contributed by atoms with van der Waals surface area (Å²) in [5.74, 6) is -0.508. The van der Waals surface area contributed by atoms with Gasteiger partial charge in [-0.15, -0.1) is 0 Å². The molecular weight excluding hydrogens is 511 g/mol. The van der Waals surface area contributed by atoms with Crippen molar-refractivity contribution in [1.29, 1.82) is 0 Å². The lowest BCUT2D eigenvalue weighted by molar-refractivity contribution is -0.111. The van der Waals surface area contributed by atoms with E-state index in [9.17, 15) is 14.0 Å². The molecule has 0 fully saturated rings. The molecule has 0 aliphatic carbocycles. The van der Waals surface area contributed by atoms with Gasteiger partial charge in [0.2, 0.25) is 5.91 Å². The quantitative estimate of drug-likeness (QED) is 0.224. The Hall–Kier alpha value is -4.08. The predicted octanol–water partition coefficient (Wildman–Crippen LogP) is 5.35. The van der Waals surface area contributed by atoms with E-state index in [1.165, 1.54) is 36.4 Å². The number of ether oxygens (including phenoxy) is 2. The topological polar surface area (TPSA) is 106 Å². The first-order chi connectivity index (χ1) is 18.2. The van der Waals surface area contributed by atoms with Crippen LogP contribution in [0.1, 0.15) is 22.8 Å². The molecule has 10 heteroatoms. The summed E-state index contributed by atoms with van der Waals surface area (Å²) >= 11 is 6.34. The highest BCUT2D eigenvalue weighted by molar-refractivity contribution is 6.32. The standard InChI is InChI=1S/C28H30ClFN4O4/c1-4-37-26-16-23(31)21(15-24(26)33-27(35)9-6-12-34(2)3)28(36)32-20-10-11-25(22(29)14-20)38-17-18-7-5-8-19(30)13-18/h5-11,13-16H,4,12,17,31H2,1-3H3,(H,32,36)(H,33,35)/b9-6+. The predicted molar refractivity (Wildman–Crippen MR) is 148 cm³/mol. The van der Waals surface area contributed by atoms with Crippen molar-refractivity contribution < 1.29 is 23.5 Å². The van der Waals surface area contributed by atoms with Crippen molar-refractivity contribution in [3.63, 3.8) is 0 Å². The molecule has 0 aromatic heterocycles. The average Bonchev–Trinajstić information content (AvgIpc) is 2.85. The number of carbonyl (C=O) groups excluding carboxylic acids is 2. The molecule has 200 valence electrons. The third-order valence-corrected chi connectivity index (χ3v) is 5.46. The van der Waals surface area contributed by atoms with Gasteiger partial charge in [-0.2, -0.15) is 0 Å². The Labute approximate surface area is 226 Å². The van der Waals surface area contributed by atoms with Crippen LogP contribution in [0.4, 0.5) is 21.5 Å². The van der Waals surface area contributed by atoms with Crippen LogP contribution in [0.2, 0.25) is 5.02 Å². The highest BCUT2D eigenvalue weighted by Crippen LogP contribution is 2.32. The third-order valence-electron chi connectivity index (χ3n) is 5.17. The maximum atomic E-state index is 13.4. The number of amides is 2. The lowest BCUT2D eigenvalue weighted by Gasteiger charge is -2.15. The number of benzene rings is 3. The Morgan fingerprint density at radius 2 is 1.84 bits per heavy atom. The molecule has 0 atom stereocenters. The molecule has 2 amide bonds. The number of nitrogen functional groups attached to an aromatic ring is 1. The average molecular weight is 541 g/mol. The fourth-order valence-electron chi connectivity index (χ4n) is 3.39. The molecule has 0 unspecified atom stereocenters. The van der Waals surface area contributed by atoms with Gasteiger partial charge in [0.05, 0.1) is 22.9 Å². The fraction of sp³-hybridized carbons (Fsp3) is 0.214. The van der Waals surface area contributed by atoms with Crippen LogP contribution in [0.5, 0.6) is 11.5 Å². The highest BCUT2D eigenvalue weighted by atomic mass is 35.5. The van der Waals surface area contributed by atoms with Gasteiger partial charge in [-0.1, -0.05) is 29.8 Å². The molecule has 3 aromatic rings. The molecule has 3 aromatic carbocycles. The van der Waals surface area contributed by atoms with Gasteiger partial charge in [0.25, 0.3) is 5.91 Å². The Morgan fingerprint density at radius 3 is 2.53 bits per heavy atom. The molecule has 0 aliphatic rings. The second-order valence-electron chi connectivity index (χ2n) is 8.54. The number of anilines is 3. The Kier molecular flexibility index (Phi) is 10.1. The van der Waals surface area contributed by atoms with Crippen LogP contribution >= 0.6 is 11.6 Å². The Balaban J connectivity index is 1.73. The SMILES string of the molecule is CCOc1cc(N)c(C(=O)Nc2ccc(OCc3cccc(F)c3)c(Cl)c2)cc1NC(=O)/C=C/CN(C)C. The number of hydrogen-bond donors (Lipinski definition) is 3. The van der Waals surface area contributed by atoms with Gasteiger partial charge in [0, 0.05) is 30.1 Å². The molecule has 0 saturated heterocycles. The van der Waals surface area contributed by atoms with Crippen LogP contribution < -0.4 is 25.8 Å². The molecule has 0 saturated carbocycles. The molecule has 0 bridgehead atoms. The van der Waals surface area contributed by atoms with Crippen molar-refractivity contribution in [2.24, 2.45) is 0 Å². The van der Waals surface area contributed by atoms with Crippen LogP contribution in [0, 0.1) is 5.82 Å². The Morgan fingerprint density at radius 1 is 1.05 bits per heavy atom. The summed E-state index contributed by atoms with van der Waals surface area (Å²) in [6.07, 6.45) is 3.13. The molecule has 0 heterocycles. The normalized spacial score (nSPS) is 11.0. The zero-order chi connectivity index (χ0) is 27.7. The van der Waals surface area contributed by atoms with Crippen molar-refractivity contribution >= 4 is 40.5 Å². The number of carbonyl (C=O) groups is 2. The summed E-state index contributed by atoms with van der Waals surface area (Å²) in [7, 11) is 3.78. The molecule has 0 radical (unpaired) electrons. The first-order valence-corrected chi connectivity index (χ1v) is 12.2. The van der Waals surface area contributed by atoms with Crippen LogP contribution in [0.25, 0.3) is 0 Å². The minimum atomic E-state index is -0.506. The number of nitrogens with zero attached hydrogens (tertiary/aromatic N) is 1. The largest absolute Gasteiger partial charge is 0.492 e. The first kappa shape index (κ1) is 28.5. The minimum absolute atomic E-state index is 0.130. The van der Waals surface area contributed by atoms with E-state index in [1.54, 1.807) is 37.3 Å². The van der Waals surface area contributed by atoms with Gasteiger partial charge in [-0.05, 0) is 63.0 Å². The first-order valence-electron chi connectivity index (χ1n) is 11.8. The maximum Gasteiger partial charge on any atom is 0.257 e. The lowest BCUT2D eigenvalue weighted by Crippen LogP contribution is -2.17. The molecule has 0 aliphatic heterocycles. The van der Waals surface area contributed by atoms with Gasteiger partial charge in [0.1, 0.15) is 23.9 Å². The van der Waals surface area contributed by atoms with Gasteiger partial charge in [-0.25, -0.2) is 4.39 Å². The number of rotatable bonds is 11. The summed E-state index contributed by atoms with van der Waals surface area (Å²) in [5, 5.41) is 5.74.